The van der Waals surface area contributed by atoms with Gasteiger partial charge in [0.05, 0.1) is 6.61 Å². The average Bonchev–Trinajstić information content (AvgIpc) is 2.76. The van der Waals surface area contributed by atoms with Crippen molar-refractivity contribution >= 4 is 5.97 Å². The molecule has 6 heteroatoms. The predicted octanol–water partition coefficient (Wildman–Crippen LogP) is 6.85. The maximum absolute atomic E-state index is 12.1. The Morgan fingerprint density at radius 3 is 2.06 bits per heavy atom. The van der Waals surface area contributed by atoms with E-state index in [9.17, 15) is 18.0 Å². The Kier molecular flexibility index (Phi) is 10.4. The van der Waals surface area contributed by atoms with Crippen molar-refractivity contribution in [3.63, 3.8) is 0 Å². The van der Waals surface area contributed by atoms with Crippen molar-refractivity contribution in [2.24, 2.45) is 0 Å². The molecular weight excluding hydrogens is 417 g/mol. The van der Waals surface area contributed by atoms with Gasteiger partial charge in [-0.1, -0.05) is 37.7 Å². The first-order chi connectivity index (χ1) is 15.4. The van der Waals surface area contributed by atoms with Crippen molar-refractivity contribution in [3.05, 3.63) is 71.8 Å². The van der Waals surface area contributed by atoms with Gasteiger partial charge in [-0.05, 0) is 67.8 Å². The molecule has 0 fully saturated rings. The summed E-state index contributed by atoms with van der Waals surface area (Å²) in [6.07, 6.45) is 2.40. The van der Waals surface area contributed by atoms with Crippen LogP contribution in [0.4, 0.5) is 13.2 Å². The van der Waals surface area contributed by atoms with Crippen molar-refractivity contribution in [1.29, 1.82) is 0 Å². The third kappa shape index (κ3) is 10.7. The Hall–Kier alpha value is -3.20. The highest BCUT2D eigenvalue weighted by molar-refractivity contribution is 5.83. The Morgan fingerprint density at radius 2 is 1.50 bits per heavy atom. The minimum absolute atomic E-state index is 0.0100. The standard InChI is InChI=1S/C26H27F3O3/c1-2-3-4-5-6-8-25(30)32-24-17-13-22(14-18-24)10-9-21-11-15-23(16-12-21)31-20-7-19-26(27,28)29/h6,8,11-18H,2-5,7,19-20H2,1H3/b8-6+. The molecule has 0 saturated carbocycles. The lowest BCUT2D eigenvalue weighted by molar-refractivity contribution is -0.136. The van der Waals surface area contributed by atoms with Crippen LogP contribution in [-0.4, -0.2) is 18.8 Å². The molecule has 2 rings (SSSR count). The van der Waals surface area contributed by atoms with Gasteiger partial charge < -0.3 is 9.47 Å². The van der Waals surface area contributed by atoms with Gasteiger partial charge in [-0.25, -0.2) is 4.79 Å². The summed E-state index contributed by atoms with van der Waals surface area (Å²) in [5.41, 5.74) is 1.50. The van der Waals surface area contributed by atoms with Gasteiger partial charge in [0.15, 0.2) is 0 Å². The fourth-order valence-electron chi connectivity index (χ4n) is 2.69. The SMILES string of the molecule is CCCCC/C=C/C(=O)Oc1ccc(C#Cc2ccc(OCCCC(F)(F)F)cc2)cc1. The quantitative estimate of drug-likeness (QED) is 0.132. The molecule has 0 aliphatic rings. The smallest absolute Gasteiger partial charge is 0.389 e. The maximum Gasteiger partial charge on any atom is 0.389 e. The van der Waals surface area contributed by atoms with Crippen molar-refractivity contribution in [2.45, 2.75) is 51.6 Å². The van der Waals surface area contributed by atoms with Crippen LogP contribution in [0.1, 0.15) is 56.6 Å². The number of carbonyl (C=O) groups excluding carboxylic acids is 1. The van der Waals surface area contributed by atoms with Gasteiger partial charge in [-0.15, -0.1) is 0 Å². The van der Waals surface area contributed by atoms with Gasteiger partial charge in [-0.2, -0.15) is 13.2 Å². The zero-order valence-corrected chi connectivity index (χ0v) is 18.1. The van der Waals surface area contributed by atoms with E-state index < -0.39 is 18.6 Å². The van der Waals surface area contributed by atoms with Crippen LogP contribution in [0.15, 0.2) is 60.7 Å². The Labute approximate surface area is 187 Å². The Balaban J connectivity index is 1.80. The van der Waals surface area contributed by atoms with E-state index in [0.717, 1.165) is 36.8 Å². The first-order valence-corrected chi connectivity index (χ1v) is 10.7. The number of allylic oxidation sites excluding steroid dienone is 1. The molecule has 0 aliphatic heterocycles. The fourth-order valence-corrected chi connectivity index (χ4v) is 2.69. The molecule has 0 saturated heterocycles. The summed E-state index contributed by atoms with van der Waals surface area (Å²) in [5, 5.41) is 0. The average molecular weight is 444 g/mol. The predicted molar refractivity (Wildman–Crippen MR) is 119 cm³/mol. The van der Waals surface area contributed by atoms with Crippen LogP contribution in [0.5, 0.6) is 11.5 Å². The number of ether oxygens (including phenoxy) is 2. The van der Waals surface area contributed by atoms with E-state index in [1.165, 1.54) is 6.08 Å². The van der Waals surface area contributed by atoms with Crippen molar-refractivity contribution < 1.29 is 27.4 Å². The lowest BCUT2D eigenvalue weighted by Gasteiger charge is -2.08. The van der Waals surface area contributed by atoms with Crippen LogP contribution in [-0.2, 0) is 4.79 Å². The van der Waals surface area contributed by atoms with Gasteiger partial charge in [0, 0.05) is 23.6 Å². The minimum Gasteiger partial charge on any atom is -0.494 e. The molecule has 0 aromatic heterocycles. The third-order valence-electron chi connectivity index (χ3n) is 4.38. The molecule has 2 aromatic rings. The molecule has 0 N–H and O–H groups in total. The largest absolute Gasteiger partial charge is 0.494 e. The van der Waals surface area contributed by atoms with Gasteiger partial charge in [0.2, 0.25) is 0 Å². The number of halogens is 3. The molecule has 32 heavy (non-hydrogen) atoms. The monoisotopic (exact) mass is 444 g/mol. The molecule has 0 bridgehead atoms. The number of esters is 1. The summed E-state index contributed by atoms with van der Waals surface area (Å²) in [6.45, 7) is 2.14. The third-order valence-corrected chi connectivity index (χ3v) is 4.38. The van der Waals surface area contributed by atoms with Gasteiger partial charge in [0.25, 0.3) is 0 Å². The summed E-state index contributed by atoms with van der Waals surface area (Å²) >= 11 is 0. The highest BCUT2D eigenvalue weighted by Crippen LogP contribution is 2.21. The molecule has 0 amide bonds. The van der Waals surface area contributed by atoms with E-state index in [4.69, 9.17) is 9.47 Å². The summed E-state index contributed by atoms with van der Waals surface area (Å²) in [4.78, 5) is 11.8. The van der Waals surface area contributed by atoms with Crippen LogP contribution in [0, 0.1) is 11.8 Å². The van der Waals surface area contributed by atoms with Crippen LogP contribution in [0.3, 0.4) is 0 Å². The number of hydrogen-bond donors (Lipinski definition) is 0. The van der Waals surface area contributed by atoms with E-state index in [-0.39, 0.29) is 13.0 Å². The highest BCUT2D eigenvalue weighted by atomic mass is 19.4. The second-order valence-electron chi connectivity index (χ2n) is 7.19. The molecule has 0 heterocycles. The lowest BCUT2D eigenvalue weighted by Crippen LogP contribution is -2.09. The molecule has 0 spiro atoms. The maximum atomic E-state index is 12.1. The molecule has 0 atom stereocenters. The van der Waals surface area contributed by atoms with Crippen LogP contribution < -0.4 is 9.47 Å². The number of unbranched alkanes of at least 4 members (excludes halogenated alkanes) is 3. The Bertz CT molecular complexity index is 918. The summed E-state index contributed by atoms with van der Waals surface area (Å²) in [6, 6.07) is 13.7. The Morgan fingerprint density at radius 1 is 0.906 bits per heavy atom. The minimum atomic E-state index is -4.16. The number of benzene rings is 2. The van der Waals surface area contributed by atoms with Gasteiger partial charge in [0.1, 0.15) is 11.5 Å². The van der Waals surface area contributed by atoms with Crippen LogP contribution in [0.2, 0.25) is 0 Å². The molecule has 2 aromatic carbocycles. The zero-order chi connectivity index (χ0) is 23.2. The molecule has 3 nitrogen and oxygen atoms in total. The van der Waals surface area contributed by atoms with E-state index in [1.54, 1.807) is 48.5 Å². The first-order valence-electron chi connectivity index (χ1n) is 10.7. The summed E-state index contributed by atoms with van der Waals surface area (Å²) in [7, 11) is 0. The second-order valence-corrected chi connectivity index (χ2v) is 7.19. The molecule has 170 valence electrons. The van der Waals surface area contributed by atoms with Gasteiger partial charge in [-0.3, -0.25) is 0 Å². The van der Waals surface area contributed by atoms with Crippen LogP contribution >= 0.6 is 0 Å². The lowest BCUT2D eigenvalue weighted by atomic mass is 10.1. The molecule has 0 unspecified atom stereocenters. The van der Waals surface area contributed by atoms with Crippen molar-refractivity contribution in [1.82, 2.24) is 0 Å². The molecule has 0 aliphatic carbocycles. The van der Waals surface area contributed by atoms with Crippen LogP contribution in [0.25, 0.3) is 0 Å². The highest BCUT2D eigenvalue weighted by Gasteiger charge is 2.26. The van der Waals surface area contributed by atoms with Gasteiger partial charge >= 0.3 is 12.1 Å². The fraction of sp³-hybridized carbons (Fsp3) is 0.346. The van der Waals surface area contributed by atoms with E-state index >= 15 is 0 Å². The van der Waals surface area contributed by atoms with Crippen molar-refractivity contribution in [3.8, 4) is 23.3 Å². The normalized spacial score (nSPS) is 11.1. The molecular formula is C26H27F3O3. The summed E-state index contributed by atoms with van der Waals surface area (Å²) < 4.78 is 46.9. The zero-order valence-electron chi connectivity index (χ0n) is 18.1. The second kappa shape index (κ2) is 13.3. The molecule has 0 radical (unpaired) electrons. The van der Waals surface area contributed by atoms with E-state index in [0.29, 0.717) is 11.5 Å². The van der Waals surface area contributed by atoms with Crippen molar-refractivity contribution in [2.75, 3.05) is 6.61 Å². The summed E-state index contributed by atoms with van der Waals surface area (Å²) in [5.74, 6) is 6.57. The topological polar surface area (TPSA) is 35.5 Å². The number of carbonyl (C=O) groups is 1. The first kappa shape index (κ1) is 25.1. The van der Waals surface area contributed by atoms with E-state index in [2.05, 4.69) is 18.8 Å². The number of rotatable bonds is 10. The number of hydrogen-bond acceptors (Lipinski definition) is 3. The van der Waals surface area contributed by atoms with E-state index in [1.807, 2.05) is 6.08 Å². The number of alkyl halides is 3.